The van der Waals surface area contributed by atoms with E-state index in [1.54, 1.807) is 18.9 Å². The number of ether oxygens (including phenoxy) is 2. The van der Waals surface area contributed by atoms with E-state index in [-0.39, 0.29) is 0 Å². The van der Waals surface area contributed by atoms with Crippen molar-refractivity contribution < 1.29 is 9.47 Å². The summed E-state index contributed by atoms with van der Waals surface area (Å²) >= 11 is 1.68. The van der Waals surface area contributed by atoms with Crippen LogP contribution in [0, 0.1) is 6.92 Å². The summed E-state index contributed by atoms with van der Waals surface area (Å²) < 4.78 is 13.0. The molecule has 7 heteroatoms. The van der Waals surface area contributed by atoms with Crippen LogP contribution in [0.15, 0.2) is 53.7 Å². The molecule has 6 nitrogen and oxygen atoms in total. The van der Waals surface area contributed by atoms with Gasteiger partial charge in [-0.15, -0.1) is 10.2 Å². The van der Waals surface area contributed by atoms with Crippen LogP contribution in [0.25, 0.3) is 5.69 Å². The molecule has 4 rings (SSSR count). The zero-order valence-electron chi connectivity index (χ0n) is 16.2. The zero-order valence-corrected chi connectivity index (χ0v) is 17.0. The van der Waals surface area contributed by atoms with Gasteiger partial charge in [-0.2, -0.15) is 0 Å². The van der Waals surface area contributed by atoms with E-state index in [1.807, 2.05) is 12.1 Å². The normalized spacial score (nSPS) is 14.3. The van der Waals surface area contributed by atoms with Gasteiger partial charge in [-0.1, -0.05) is 41.6 Å². The molecule has 0 unspecified atom stereocenters. The van der Waals surface area contributed by atoms with E-state index in [9.17, 15) is 0 Å². The molecule has 2 aromatic carbocycles. The van der Waals surface area contributed by atoms with Crippen LogP contribution < -0.4 is 9.64 Å². The largest absolute Gasteiger partial charge is 0.497 e. The van der Waals surface area contributed by atoms with E-state index in [2.05, 4.69) is 63.0 Å². The maximum Gasteiger partial charge on any atom is 0.232 e. The van der Waals surface area contributed by atoms with E-state index < -0.39 is 0 Å². The number of morpholine rings is 1. The summed E-state index contributed by atoms with van der Waals surface area (Å²) in [7, 11) is 1.69. The summed E-state index contributed by atoms with van der Waals surface area (Å²) in [6.45, 7) is 5.17. The second kappa shape index (κ2) is 8.67. The monoisotopic (exact) mass is 396 g/mol. The molecule has 1 fully saturated rings. The third-order valence-corrected chi connectivity index (χ3v) is 5.70. The van der Waals surface area contributed by atoms with Crippen molar-refractivity contribution in [2.45, 2.75) is 17.8 Å². The Kier molecular flexibility index (Phi) is 5.83. The number of rotatable bonds is 6. The first-order valence-electron chi connectivity index (χ1n) is 9.35. The summed E-state index contributed by atoms with van der Waals surface area (Å²) in [4.78, 5) is 2.24. The molecule has 1 aliphatic heterocycles. The topological polar surface area (TPSA) is 52.4 Å². The predicted molar refractivity (Wildman–Crippen MR) is 112 cm³/mol. The molecule has 28 heavy (non-hydrogen) atoms. The Hall–Kier alpha value is -2.51. The number of nitrogens with zero attached hydrogens (tertiary/aromatic N) is 4. The smallest absolute Gasteiger partial charge is 0.232 e. The number of hydrogen-bond donors (Lipinski definition) is 0. The van der Waals surface area contributed by atoms with E-state index in [0.29, 0.717) is 13.2 Å². The molecule has 0 N–H and O–H groups in total. The van der Waals surface area contributed by atoms with Gasteiger partial charge in [-0.05, 0) is 36.8 Å². The molecule has 0 amide bonds. The van der Waals surface area contributed by atoms with Gasteiger partial charge in [0.15, 0.2) is 5.16 Å². The quantitative estimate of drug-likeness (QED) is 0.592. The maximum atomic E-state index is 5.50. The lowest BCUT2D eigenvalue weighted by Crippen LogP contribution is -2.37. The van der Waals surface area contributed by atoms with Crippen LogP contribution in [0.2, 0.25) is 0 Å². The lowest BCUT2D eigenvalue weighted by atomic mass is 10.2. The fourth-order valence-corrected chi connectivity index (χ4v) is 4.04. The molecule has 1 saturated heterocycles. The van der Waals surface area contributed by atoms with Crippen molar-refractivity contribution in [3.63, 3.8) is 0 Å². The molecule has 3 aromatic rings. The van der Waals surface area contributed by atoms with Gasteiger partial charge in [0.2, 0.25) is 5.95 Å². The number of methoxy groups -OCH3 is 1. The highest BCUT2D eigenvalue weighted by Crippen LogP contribution is 2.30. The van der Waals surface area contributed by atoms with Crippen LogP contribution in [-0.2, 0) is 10.5 Å². The Morgan fingerprint density at radius 2 is 1.86 bits per heavy atom. The Balaban J connectivity index is 1.64. The van der Waals surface area contributed by atoms with Crippen LogP contribution in [0.4, 0.5) is 5.95 Å². The van der Waals surface area contributed by atoms with Crippen LogP contribution in [0.1, 0.15) is 11.1 Å². The van der Waals surface area contributed by atoms with Crippen LogP contribution in [0.3, 0.4) is 0 Å². The van der Waals surface area contributed by atoms with Crippen LogP contribution >= 0.6 is 11.8 Å². The predicted octanol–water partition coefficient (Wildman–Crippen LogP) is 3.71. The second-order valence-electron chi connectivity index (χ2n) is 6.69. The van der Waals surface area contributed by atoms with Gasteiger partial charge in [-0.25, -0.2) is 0 Å². The van der Waals surface area contributed by atoms with Crippen molar-refractivity contribution in [1.82, 2.24) is 14.8 Å². The standard InChI is InChI=1S/C21H24N4O2S/c1-16-6-8-18(9-7-16)25-20(24-10-12-27-13-11-24)22-23-21(25)28-15-17-4-3-5-19(14-17)26-2/h3-9,14H,10-13,15H2,1-2H3. The molecular weight excluding hydrogens is 372 g/mol. The Labute approximate surface area is 169 Å². The van der Waals surface area contributed by atoms with E-state index in [4.69, 9.17) is 9.47 Å². The number of anilines is 1. The molecule has 0 bridgehead atoms. The van der Waals surface area contributed by atoms with Gasteiger partial charge in [0.25, 0.3) is 0 Å². The maximum absolute atomic E-state index is 5.50. The van der Waals surface area contributed by atoms with Crippen molar-refractivity contribution >= 4 is 17.7 Å². The minimum atomic E-state index is 0.715. The molecule has 1 aromatic heterocycles. The lowest BCUT2D eigenvalue weighted by Gasteiger charge is -2.28. The summed E-state index contributed by atoms with van der Waals surface area (Å²) in [6.07, 6.45) is 0. The lowest BCUT2D eigenvalue weighted by molar-refractivity contribution is 0.122. The highest BCUT2D eigenvalue weighted by molar-refractivity contribution is 7.98. The molecule has 0 saturated carbocycles. The first-order valence-corrected chi connectivity index (χ1v) is 10.3. The van der Waals surface area contributed by atoms with Gasteiger partial charge in [0, 0.05) is 18.8 Å². The second-order valence-corrected chi connectivity index (χ2v) is 7.64. The molecular formula is C21H24N4O2S. The summed E-state index contributed by atoms with van der Waals surface area (Å²) in [5, 5.41) is 9.91. The Morgan fingerprint density at radius 1 is 1.07 bits per heavy atom. The van der Waals surface area contributed by atoms with E-state index >= 15 is 0 Å². The first kappa shape index (κ1) is 18.8. The van der Waals surface area contributed by atoms with Crippen LogP contribution in [-0.4, -0.2) is 48.2 Å². The molecule has 146 valence electrons. The van der Waals surface area contributed by atoms with Crippen LogP contribution in [0.5, 0.6) is 5.75 Å². The average Bonchev–Trinajstić information content (AvgIpc) is 3.17. The van der Waals surface area contributed by atoms with E-state index in [1.165, 1.54) is 11.1 Å². The highest BCUT2D eigenvalue weighted by atomic mass is 32.2. The molecule has 0 spiro atoms. The van der Waals surface area contributed by atoms with Gasteiger partial charge < -0.3 is 14.4 Å². The van der Waals surface area contributed by atoms with Gasteiger partial charge in [-0.3, -0.25) is 4.57 Å². The third-order valence-electron chi connectivity index (χ3n) is 4.70. The summed E-state index contributed by atoms with van der Waals surface area (Å²) in [5.74, 6) is 2.54. The number of aryl methyl sites for hydroxylation is 1. The van der Waals surface area contributed by atoms with E-state index in [0.717, 1.165) is 41.4 Å². The SMILES string of the molecule is COc1cccc(CSc2nnc(N3CCOCC3)n2-c2ccc(C)cc2)c1. The molecule has 0 aliphatic carbocycles. The van der Waals surface area contributed by atoms with Gasteiger partial charge in [0.05, 0.1) is 26.0 Å². The van der Waals surface area contributed by atoms with Gasteiger partial charge in [0.1, 0.15) is 5.75 Å². The van der Waals surface area contributed by atoms with Crippen molar-refractivity contribution in [1.29, 1.82) is 0 Å². The van der Waals surface area contributed by atoms with Crippen molar-refractivity contribution in [3.05, 3.63) is 59.7 Å². The fourth-order valence-electron chi connectivity index (χ4n) is 3.15. The fraction of sp³-hybridized carbons (Fsp3) is 0.333. The number of aromatic nitrogens is 3. The Morgan fingerprint density at radius 3 is 2.61 bits per heavy atom. The van der Waals surface area contributed by atoms with Gasteiger partial charge >= 0.3 is 0 Å². The molecule has 2 heterocycles. The number of hydrogen-bond acceptors (Lipinski definition) is 6. The van der Waals surface area contributed by atoms with Crippen molar-refractivity contribution in [3.8, 4) is 11.4 Å². The summed E-state index contributed by atoms with van der Waals surface area (Å²) in [5.41, 5.74) is 3.50. The summed E-state index contributed by atoms with van der Waals surface area (Å²) in [6, 6.07) is 16.6. The Bertz CT molecular complexity index is 920. The van der Waals surface area contributed by atoms with Crippen molar-refractivity contribution in [2.75, 3.05) is 38.3 Å². The zero-order chi connectivity index (χ0) is 19.3. The minimum absolute atomic E-state index is 0.715. The molecule has 0 radical (unpaired) electrons. The number of thioether (sulfide) groups is 1. The molecule has 1 aliphatic rings. The average molecular weight is 397 g/mol. The minimum Gasteiger partial charge on any atom is -0.497 e. The number of benzene rings is 2. The molecule has 0 atom stereocenters. The highest BCUT2D eigenvalue weighted by Gasteiger charge is 2.21. The third kappa shape index (κ3) is 4.15. The first-order chi connectivity index (χ1) is 13.7. The van der Waals surface area contributed by atoms with Crippen molar-refractivity contribution in [2.24, 2.45) is 0 Å².